The molecule has 126 valence electrons. The molecule has 24 heavy (non-hydrogen) atoms. The van der Waals surface area contributed by atoms with E-state index in [-0.39, 0.29) is 12.4 Å². The maximum atomic E-state index is 13.8. The molecule has 0 radical (unpaired) electrons. The number of anilines is 1. The minimum atomic E-state index is -0.569. The molecular formula is C17H19FN4O2. The van der Waals surface area contributed by atoms with Crippen molar-refractivity contribution in [3.63, 3.8) is 0 Å². The fourth-order valence-corrected chi connectivity index (χ4v) is 2.89. The lowest BCUT2D eigenvalue weighted by Gasteiger charge is -2.29. The Morgan fingerprint density at radius 3 is 2.96 bits per heavy atom. The van der Waals surface area contributed by atoms with Gasteiger partial charge in [0.05, 0.1) is 12.2 Å². The third-order valence-corrected chi connectivity index (χ3v) is 3.84. The average Bonchev–Trinajstić information content (AvgIpc) is 3.02. The van der Waals surface area contributed by atoms with E-state index < -0.39 is 12.0 Å². The molecular weight excluding hydrogens is 311 g/mol. The van der Waals surface area contributed by atoms with E-state index in [1.807, 2.05) is 6.92 Å². The first-order valence-electron chi connectivity index (χ1n) is 7.97. The summed E-state index contributed by atoms with van der Waals surface area (Å²) in [6, 6.07) is 5.59. The zero-order chi connectivity index (χ0) is 17.1. The second kappa shape index (κ2) is 6.82. The van der Waals surface area contributed by atoms with Gasteiger partial charge < -0.3 is 10.1 Å². The number of halogens is 1. The lowest BCUT2D eigenvalue weighted by molar-refractivity contribution is -0.139. The highest BCUT2D eigenvalue weighted by atomic mass is 19.1. The minimum Gasteiger partial charge on any atom is -0.463 e. The fraction of sp³-hybridized carbons (Fsp3) is 0.353. The van der Waals surface area contributed by atoms with E-state index in [1.165, 1.54) is 18.5 Å². The van der Waals surface area contributed by atoms with Crippen molar-refractivity contribution >= 4 is 11.9 Å². The van der Waals surface area contributed by atoms with Gasteiger partial charge in [0.2, 0.25) is 5.95 Å². The Labute approximate surface area is 139 Å². The molecule has 0 aliphatic carbocycles. The average molecular weight is 330 g/mol. The van der Waals surface area contributed by atoms with E-state index in [1.54, 1.807) is 23.7 Å². The van der Waals surface area contributed by atoms with Gasteiger partial charge in [0.15, 0.2) is 0 Å². The molecule has 0 fully saturated rings. The van der Waals surface area contributed by atoms with Gasteiger partial charge in [-0.3, -0.25) is 0 Å². The van der Waals surface area contributed by atoms with Gasteiger partial charge in [0.1, 0.15) is 18.2 Å². The molecule has 1 aliphatic rings. The summed E-state index contributed by atoms with van der Waals surface area (Å²) in [4.78, 5) is 16.8. The normalized spacial score (nSPS) is 16.5. The maximum Gasteiger partial charge on any atom is 0.338 e. The number of nitrogens with zero attached hydrogens (tertiary/aromatic N) is 3. The molecule has 1 N–H and O–H groups in total. The van der Waals surface area contributed by atoms with Crippen molar-refractivity contribution in [3.05, 3.63) is 53.2 Å². The summed E-state index contributed by atoms with van der Waals surface area (Å²) in [6.07, 6.45) is 2.91. The van der Waals surface area contributed by atoms with Crippen molar-refractivity contribution in [3.8, 4) is 0 Å². The van der Waals surface area contributed by atoms with Crippen LogP contribution < -0.4 is 5.32 Å². The van der Waals surface area contributed by atoms with E-state index in [2.05, 4.69) is 15.4 Å². The van der Waals surface area contributed by atoms with E-state index in [9.17, 15) is 9.18 Å². The SMILES string of the molecule is CCCC1=C(C(=O)OCC)[C@@H](c2cccc(F)c2)n2ncnc2N1. The summed E-state index contributed by atoms with van der Waals surface area (Å²) < 4.78 is 20.6. The number of rotatable bonds is 5. The Kier molecular flexibility index (Phi) is 4.59. The summed E-state index contributed by atoms with van der Waals surface area (Å²) in [5, 5.41) is 7.37. The minimum absolute atomic E-state index is 0.266. The number of benzene rings is 1. The van der Waals surface area contributed by atoms with Crippen LogP contribution >= 0.6 is 0 Å². The number of fused-ring (bicyclic) bond motifs is 1. The van der Waals surface area contributed by atoms with E-state index in [4.69, 9.17) is 4.74 Å². The van der Waals surface area contributed by atoms with Crippen LogP contribution in [0.25, 0.3) is 0 Å². The molecule has 0 spiro atoms. The zero-order valence-electron chi connectivity index (χ0n) is 13.6. The summed E-state index contributed by atoms with van der Waals surface area (Å²) in [5.41, 5.74) is 1.81. The molecule has 2 heterocycles. The number of nitrogens with one attached hydrogen (secondary N) is 1. The lowest BCUT2D eigenvalue weighted by atomic mass is 9.94. The Hall–Kier alpha value is -2.70. The van der Waals surface area contributed by atoms with Crippen molar-refractivity contribution in [1.82, 2.24) is 14.8 Å². The van der Waals surface area contributed by atoms with Gasteiger partial charge in [-0.1, -0.05) is 25.5 Å². The molecule has 1 aromatic heterocycles. The summed E-state index contributed by atoms with van der Waals surface area (Å²) in [7, 11) is 0. The molecule has 1 aromatic carbocycles. The van der Waals surface area contributed by atoms with Gasteiger partial charge in [0.25, 0.3) is 0 Å². The summed E-state index contributed by atoms with van der Waals surface area (Å²) in [5.74, 6) is -0.266. The maximum absolute atomic E-state index is 13.8. The van der Waals surface area contributed by atoms with Gasteiger partial charge in [-0.05, 0) is 31.0 Å². The van der Waals surface area contributed by atoms with E-state index in [0.29, 0.717) is 23.5 Å². The lowest BCUT2D eigenvalue weighted by Crippen LogP contribution is -2.30. The number of carbonyl (C=O) groups excluding carboxylic acids is 1. The van der Waals surface area contributed by atoms with Gasteiger partial charge in [0, 0.05) is 5.70 Å². The summed E-state index contributed by atoms with van der Waals surface area (Å²) in [6.45, 7) is 4.04. The molecule has 2 aromatic rings. The van der Waals surface area contributed by atoms with E-state index >= 15 is 0 Å². The number of hydrogen-bond acceptors (Lipinski definition) is 5. The molecule has 0 bridgehead atoms. The van der Waals surface area contributed by atoms with Crippen LogP contribution in [-0.2, 0) is 9.53 Å². The first-order chi connectivity index (χ1) is 11.7. The first kappa shape index (κ1) is 16.2. The second-order valence-electron chi connectivity index (χ2n) is 5.47. The Balaban J connectivity index is 2.17. The van der Waals surface area contributed by atoms with Crippen LogP contribution in [0.2, 0.25) is 0 Å². The van der Waals surface area contributed by atoms with Crippen molar-refractivity contribution in [2.24, 2.45) is 0 Å². The molecule has 6 nitrogen and oxygen atoms in total. The van der Waals surface area contributed by atoms with Crippen molar-refractivity contribution in [2.45, 2.75) is 32.7 Å². The van der Waals surface area contributed by atoms with Gasteiger partial charge in [-0.15, -0.1) is 0 Å². The molecule has 1 aliphatic heterocycles. The number of ether oxygens (including phenoxy) is 1. The molecule has 0 amide bonds. The monoisotopic (exact) mass is 330 g/mol. The quantitative estimate of drug-likeness (QED) is 0.853. The third kappa shape index (κ3) is 2.89. The molecule has 7 heteroatoms. The first-order valence-corrected chi connectivity index (χ1v) is 7.97. The number of carbonyl (C=O) groups is 1. The largest absolute Gasteiger partial charge is 0.463 e. The predicted molar refractivity (Wildman–Crippen MR) is 86.8 cm³/mol. The zero-order valence-corrected chi connectivity index (χ0v) is 13.6. The third-order valence-electron chi connectivity index (χ3n) is 3.84. The number of hydrogen-bond donors (Lipinski definition) is 1. The topological polar surface area (TPSA) is 69.0 Å². The van der Waals surface area contributed by atoms with Crippen molar-refractivity contribution < 1.29 is 13.9 Å². The van der Waals surface area contributed by atoms with Crippen LogP contribution in [0.1, 0.15) is 38.3 Å². The smallest absolute Gasteiger partial charge is 0.338 e. The summed E-state index contributed by atoms with van der Waals surface area (Å²) >= 11 is 0. The molecule has 0 saturated heterocycles. The molecule has 0 saturated carbocycles. The second-order valence-corrected chi connectivity index (χ2v) is 5.47. The van der Waals surface area contributed by atoms with Crippen LogP contribution in [0.3, 0.4) is 0 Å². The predicted octanol–water partition coefficient (Wildman–Crippen LogP) is 3.05. The van der Waals surface area contributed by atoms with E-state index in [0.717, 1.165) is 12.1 Å². The van der Waals surface area contributed by atoms with Crippen molar-refractivity contribution in [1.29, 1.82) is 0 Å². The van der Waals surface area contributed by atoms with Gasteiger partial charge >= 0.3 is 5.97 Å². The van der Waals surface area contributed by atoms with Gasteiger partial charge in [-0.2, -0.15) is 10.1 Å². The van der Waals surface area contributed by atoms with Crippen LogP contribution in [0.15, 0.2) is 41.9 Å². The van der Waals surface area contributed by atoms with Crippen LogP contribution in [0, 0.1) is 5.82 Å². The Bertz CT molecular complexity index is 784. The van der Waals surface area contributed by atoms with Crippen molar-refractivity contribution in [2.75, 3.05) is 11.9 Å². The fourth-order valence-electron chi connectivity index (χ4n) is 2.89. The van der Waals surface area contributed by atoms with Crippen LogP contribution in [-0.4, -0.2) is 27.3 Å². The van der Waals surface area contributed by atoms with Gasteiger partial charge in [-0.25, -0.2) is 13.9 Å². The van der Waals surface area contributed by atoms with Crippen LogP contribution in [0.4, 0.5) is 10.3 Å². The highest BCUT2D eigenvalue weighted by molar-refractivity contribution is 5.92. The standard InChI is InChI=1S/C17H19FN4O2/c1-3-6-13-14(16(23)24-4-2)15(11-7-5-8-12(18)9-11)22-17(21-13)19-10-20-22/h5,7-10,15H,3-4,6H2,1-2H3,(H,19,20,21)/t15-/m1/s1. The molecule has 0 unspecified atom stereocenters. The number of aromatic nitrogens is 3. The Morgan fingerprint density at radius 1 is 1.42 bits per heavy atom. The highest BCUT2D eigenvalue weighted by Crippen LogP contribution is 2.36. The highest BCUT2D eigenvalue weighted by Gasteiger charge is 2.35. The molecule has 3 rings (SSSR count). The van der Waals surface area contributed by atoms with Crippen LogP contribution in [0.5, 0.6) is 0 Å². The number of allylic oxidation sites excluding steroid dienone is 1. The molecule has 1 atom stereocenters. The number of esters is 1. The Morgan fingerprint density at radius 2 is 2.25 bits per heavy atom.